The molecule has 3 rings (SSSR count). The Kier molecular flexibility index (Phi) is 4.45. The molecule has 1 amide bonds. The second-order valence-corrected chi connectivity index (χ2v) is 7.25. The summed E-state index contributed by atoms with van der Waals surface area (Å²) in [6.07, 6.45) is 5.14. The fraction of sp³-hybridized carbons (Fsp3) is 0.471. The minimum Gasteiger partial charge on any atom is -0.550 e. The summed E-state index contributed by atoms with van der Waals surface area (Å²) in [4.78, 5) is 37.0. The van der Waals surface area contributed by atoms with Gasteiger partial charge in [-0.1, -0.05) is 19.1 Å². The summed E-state index contributed by atoms with van der Waals surface area (Å²) < 4.78 is 4.75. The molecule has 1 aromatic rings. The Bertz CT molecular complexity index is 723. The number of ether oxygens (including phenoxy) is 1. The van der Waals surface area contributed by atoms with Crippen molar-refractivity contribution in [3.63, 3.8) is 0 Å². The lowest BCUT2D eigenvalue weighted by molar-refractivity contribution is -0.313. The zero-order valence-electron chi connectivity index (χ0n) is 13.4. The molecule has 4 atom stereocenters. The molecule has 6 nitrogen and oxygen atoms in total. The first-order valence-corrected chi connectivity index (χ1v) is 8.69. The van der Waals surface area contributed by atoms with E-state index in [0.29, 0.717) is 17.0 Å². The van der Waals surface area contributed by atoms with Gasteiger partial charge in [0.15, 0.2) is 0 Å². The van der Waals surface area contributed by atoms with Crippen molar-refractivity contribution in [1.82, 2.24) is 0 Å². The zero-order valence-corrected chi connectivity index (χ0v) is 14.2. The Labute approximate surface area is 143 Å². The largest absolute Gasteiger partial charge is 0.550 e. The van der Waals surface area contributed by atoms with Crippen LogP contribution in [0.2, 0.25) is 0 Å². The lowest BCUT2D eigenvalue weighted by Crippen LogP contribution is -2.42. The molecule has 7 heteroatoms. The van der Waals surface area contributed by atoms with Gasteiger partial charge in [0.2, 0.25) is 5.91 Å². The van der Waals surface area contributed by atoms with Gasteiger partial charge in [0.25, 0.3) is 0 Å². The highest BCUT2D eigenvalue weighted by atomic mass is 32.1. The molecule has 0 aliphatic heterocycles. The zero-order chi connectivity index (χ0) is 17.4. The van der Waals surface area contributed by atoms with Gasteiger partial charge in [0.05, 0.1) is 18.6 Å². The van der Waals surface area contributed by atoms with E-state index in [2.05, 4.69) is 5.32 Å². The number of carboxylic acid groups (broad SMARTS) is 1. The Morgan fingerprint density at radius 1 is 1.29 bits per heavy atom. The fourth-order valence-electron chi connectivity index (χ4n) is 3.67. The Hall–Kier alpha value is -2.15. The maximum absolute atomic E-state index is 12.7. The molecular weight excluding hydrogens is 330 g/mol. The van der Waals surface area contributed by atoms with E-state index in [9.17, 15) is 19.5 Å². The summed E-state index contributed by atoms with van der Waals surface area (Å²) >= 11 is 1.31. The monoisotopic (exact) mass is 348 g/mol. The van der Waals surface area contributed by atoms with E-state index in [-0.39, 0.29) is 17.7 Å². The average Bonchev–Trinajstić information content (AvgIpc) is 3.27. The van der Waals surface area contributed by atoms with Gasteiger partial charge in [0, 0.05) is 16.8 Å². The maximum Gasteiger partial charge on any atom is 0.340 e. The molecule has 1 fully saturated rings. The number of aliphatic carboxylic acids is 1. The fourth-order valence-corrected chi connectivity index (χ4v) is 4.65. The first kappa shape index (κ1) is 16.7. The second kappa shape index (κ2) is 6.39. The predicted molar refractivity (Wildman–Crippen MR) is 86.4 cm³/mol. The summed E-state index contributed by atoms with van der Waals surface area (Å²) in [5, 5.41) is 14.6. The third kappa shape index (κ3) is 2.73. The molecule has 2 bridgehead atoms. The van der Waals surface area contributed by atoms with Crippen molar-refractivity contribution < 1.29 is 24.2 Å². The summed E-state index contributed by atoms with van der Waals surface area (Å²) in [6.45, 7) is 1.95. The van der Waals surface area contributed by atoms with Crippen LogP contribution in [-0.4, -0.2) is 25.0 Å². The van der Waals surface area contributed by atoms with Crippen molar-refractivity contribution >= 4 is 34.2 Å². The second-order valence-electron chi connectivity index (χ2n) is 6.11. The van der Waals surface area contributed by atoms with Crippen molar-refractivity contribution in [2.24, 2.45) is 23.7 Å². The number of carbonyl (C=O) groups excluding carboxylic acids is 3. The van der Waals surface area contributed by atoms with Crippen molar-refractivity contribution in [2.45, 2.75) is 19.8 Å². The smallest absolute Gasteiger partial charge is 0.340 e. The third-order valence-electron chi connectivity index (χ3n) is 4.81. The Morgan fingerprint density at radius 3 is 2.54 bits per heavy atom. The van der Waals surface area contributed by atoms with Gasteiger partial charge in [-0.15, -0.1) is 11.3 Å². The number of nitrogens with one attached hydrogen (secondary N) is 1. The van der Waals surface area contributed by atoms with Crippen LogP contribution in [0.15, 0.2) is 18.2 Å². The van der Waals surface area contributed by atoms with Crippen LogP contribution < -0.4 is 10.4 Å². The molecule has 1 aromatic heterocycles. The van der Waals surface area contributed by atoms with Gasteiger partial charge in [-0.05, 0) is 30.7 Å². The van der Waals surface area contributed by atoms with E-state index in [1.807, 2.05) is 19.1 Å². The Morgan fingerprint density at radius 2 is 1.96 bits per heavy atom. The summed E-state index contributed by atoms with van der Waals surface area (Å²) in [5.74, 6) is -3.81. The lowest BCUT2D eigenvalue weighted by Gasteiger charge is -2.27. The summed E-state index contributed by atoms with van der Waals surface area (Å²) in [6, 6.07) is 1.70. The Balaban J connectivity index is 1.85. The molecule has 1 saturated carbocycles. The number of carboxylic acids is 1. The molecule has 0 unspecified atom stereocenters. The normalized spacial score (nSPS) is 27.2. The number of methoxy groups -OCH3 is 1. The van der Waals surface area contributed by atoms with Crippen LogP contribution in [0.3, 0.4) is 0 Å². The highest BCUT2D eigenvalue weighted by Crippen LogP contribution is 2.48. The molecule has 2 aliphatic carbocycles. The van der Waals surface area contributed by atoms with Crippen LogP contribution in [0.25, 0.3) is 0 Å². The van der Waals surface area contributed by atoms with E-state index < -0.39 is 23.8 Å². The van der Waals surface area contributed by atoms with E-state index in [1.54, 1.807) is 6.07 Å². The van der Waals surface area contributed by atoms with Crippen LogP contribution in [-0.2, 0) is 20.7 Å². The lowest BCUT2D eigenvalue weighted by atomic mass is 9.82. The third-order valence-corrected chi connectivity index (χ3v) is 6.00. The quantitative estimate of drug-likeness (QED) is 0.638. The molecule has 0 aromatic carbocycles. The standard InChI is InChI=1S/C17H19NO5S/c1-3-10-7-11(17(22)23-2)15(24-10)18-14(19)12-8-4-5-9(6-8)13(12)16(20)21/h4-5,7-9,12-13H,3,6H2,1-2H3,(H,18,19)(H,20,21)/p-1/t8-,9+,12+,13+/m1/s1. The molecular formula is C17H18NO5S-. The number of thiophene rings is 1. The predicted octanol–water partition coefficient (Wildman–Crippen LogP) is 1.22. The molecule has 2 aliphatic rings. The minimum absolute atomic E-state index is 0.0925. The SMILES string of the molecule is CCc1cc(C(=O)OC)c(NC(=O)[C@@H]2[C@@H](C(=O)[O-])[C@H]3C=C[C@@H]2C3)s1. The first-order valence-electron chi connectivity index (χ1n) is 7.87. The van der Waals surface area contributed by atoms with Crippen molar-refractivity contribution in [3.8, 4) is 0 Å². The number of fused-ring (bicyclic) bond motifs is 2. The minimum atomic E-state index is -1.19. The molecule has 0 saturated heterocycles. The van der Waals surface area contributed by atoms with Crippen LogP contribution in [0.4, 0.5) is 5.00 Å². The molecule has 24 heavy (non-hydrogen) atoms. The first-order chi connectivity index (χ1) is 11.5. The number of anilines is 1. The highest BCUT2D eigenvalue weighted by molar-refractivity contribution is 7.16. The van der Waals surface area contributed by atoms with Crippen LogP contribution in [0.5, 0.6) is 0 Å². The van der Waals surface area contributed by atoms with E-state index in [4.69, 9.17) is 4.74 Å². The number of rotatable bonds is 5. The number of aryl methyl sites for hydroxylation is 1. The number of allylic oxidation sites excluding steroid dienone is 2. The van der Waals surface area contributed by atoms with E-state index in [1.165, 1.54) is 18.4 Å². The van der Waals surface area contributed by atoms with Crippen LogP contribution in [0.1, 0.15) is 28.6 Å². The number of amides is 1. The summed E-state index contributed by atoms with van der Waals surface area (Å²) in [5.41, 5.74) is 0.302. The number of carbonyl (C=O) groups is 3. The van der Waals surface area contributed by atoms with Gasteiger partial charge in [-0.3, -0.25) is 4.79 Å². The number of esters is 1. The van der Waals surface area contributed by atoms with Gasteiger partial charge < -0.3 is 20.0 Å². The van der Waals surface area contributed by atoms with Crippen LogP contribution >= 0.6 is 11.3 Å². The van der Waals surface area contributed by atoms with Gasteiger partial charge in [-0.25, -0.2) is 4.79 Å². The highest BCUT2D eigenvalue weighted by Gasteiger charge is 2.48. The average molecular weight is 348 g/mol. The molecule has 0 spiro atoms. The van der Waals surface area contributed by atoms with E-state index >= 15 is 0 Å². The van der Waals surface area contributed by atoms with Crippen molar-refractivity contribution in [1.29, 1.82) is 0 Å². The van der Waals surface area contributed by atoms with E-state index in [0.717, 1.165) is 11.3 Å². The summed E-state index contributed by atoms with van der Waals surface area (Å²) in [7, 11) is 1.28. The molecule has 0 radical (unpaired) electrons. The van der Waals surface area contributed by atoms with Gasteiger partial charge in [0.1, 0.15) is 5.00 Å². The van der Waals surface area contributed by atoms with Crippen molar-refractivity contribution in [2.75, 3.05) is 12.4 Å². The van der Waals surface area contributed by atoms with Crippen molar-refractivity contribution in [3.05, 3.63) is 28.7 Å². The topological polar surface area (TPSA) is 95.5 Å². The number of hydrogen-bond donors (Lipinski definition) is 1. The molecule has 1 heterocycles. The number of hydrogen-bond acceptors (Lipinski definition) is 6. The van der Waals surface area contributed by atoms with Gasteiger partial charge in [-0.2, -0.15) is 0 Å². The maximum atomic E-state index is 12.7. The molecule has 1 N–H and O–H groups in total. The van der Waals surface area contributed by atoms with Crippen LogP contribution in [0, 0.1) is 23.7 Å². The molecule has 128 valence electrons. The van der Waals surface area contributed by atoms with Gasteiger partial charge >= 0.3 is 5.97 Å².